The lowest BCUT2D eigenvalue weighted by Gasteiger charge is -2.15. The summed E-state index contributed by atoms with van der Waals surface area (Å²) in [5.74, 6) is 0. The highest BCUT2D eigenvalue weighted by Gasteiger charge is 2.02. The molecule has 96 valence electrons. The van der Waals surface area contributed by atoms with Crippen molar-refractivity contribution in [3.05, 3.63) is 36.9 Å². The van der Waals surface area contributed by atoms with Crippen molar-refractivity contribution in [3.63, 3.8) is 0 Å². The highest BCUT2D eigenvalue weighted by Crippen LogP contribution is 2.13. The van der Waals surface area contributed by atoms with Crippen molar-refractivity contribution in [1.82, 2.24) is 14.8 Å². The molecule has 1 unspecified atom stereocenters. The van der Waals surface area contributed by atoms with E-state index in [4.69, 9.17) is 4.74 Å². The van der Waals surface area contributed by atoms with E-state index >= 15 is 0 Å². The Balaban J connectivity index is 1.95. The number of rotatable bonds is 6. The Labute approximate surface area is 107 Å². The van der Waals surface area contributed by atoms with Gasteiger partial charge in [-0.2, -0.15) is 5.10 Å². The van der Waals surface area contributed by atoms with Gasteiger partial charge in [-0.25, -0.2) is 9.67 Å². The van der Waals surface area contributed by atoms with Gasteiger partial charge in [0.1, 0.15) is 12.7 Å². The molecule has 0 bridgehead atoms. The fourth-order valence-electron chi connectivity index (χ4n) is 1.67. The molecule has 1 atom stereocenters. The molecule has 1 aromatic carbocycles. The van der Waals surface area contributed by atoms with Crippen LogP contribution < -0.4 is 5.32 Å². The van der Waals surface area contributed by atoms with Gasteiger partial charge in [0.2, 0.25) is 0 Å². The number of hydrogen-bond donors (Lipinski definition) is 1. The fraction of sp³-hybridized carbons (Fsp3) is 0.385. The summed E-state index contributed by atoms with van der Waals surface area (Å²) in [4.78, 5) is 3.92. The molecule has 0 spiro atoms. The summed E-state index contributed by atoms with van der Waals surface area (Å²) >= 11 is 0. The van der Waals surface area contributed by atoms with E-state index in [1.54, 1.807) is 11.0 Å². The smallest absolute Gasteiger partial charge is 0.138 e. The normalized spacial score (nSPS) is 12.3. The van der Waals surface area contributed by atoms with Gasteiger partial charge in [0.25, 0.3) is 0 Å². The van der Waals surface area contributed by atoms with Crippen LogP contribution in [0.5, 0.6) is 0 Å². The first-order chi connectivity index (χ1) is 8.79. The van der Waals surface area contributed by atoms with Crippen LogP contribution in [0.4, 0.5) is 5.69 Å². The standard InChI is InChI=1S/C13H18N4O/c1-3-18-8-11(2)16-12-4-6-13(7-5-12)17-10-14-9-15-17/h4-7,9-11,16H,3,8H2,1-2H3. The van der Waals surface area contributed by atoms with Gasteiger partial charge in [0.05, 0.1) is 12.3 Å². The molecular formula is C13H18N4O. The second kappa shape index (κ2) is 6.16. The molecule has 5 heteroatoms. The molecule has 18 heavy (non-hydrogen) atoms. The predicted molar refractivity (Wildman–Crippen MR) is 70.9 cm³/mol. The Hall–Kier alpha value is -1.88. The van der Waals surface area contributed by atoms with Gasteiger partial charge in [0, 0.05) is 18.3 Å². The molecule has 0 aliphatic rings. The lowest BCUT2D eigenvalue weighted by atomic mass is 10.2. The van der Waals surface area contributed by atoms with Gasteiger partial charge in [-0.3, -0.25) is 0 Å². The molecule has 5 nitrogen and oxygen atoms in total. The molecule has 0 radical (unpaired) electrons. The van der Waals surface area contributed by atoms with Gasteiger partial charge >= 0.3 is 0 Å². The second-order valence-electron chi connectivity index (χ2n) is 4.09. The summed E-state index contributed by atoms with van der Waals surface area (Å²) in [6.45, 7) is 5.55. The van der Waals surface area contributed by atoms with E-state index in [2.05, 4.69) is 22.3 Å². The number of nitrogens with zero attached hydrogens (tertiary/aromatic N) is 3. The third-order valence-electron chi connectivity index (χ3n) is 2.54. The van der Waals surface area contributed by atoms with Crippen LogP contribution in [0.1, 0.15) is 13.8 Å². The van der Waals surface area contributed by atoms with Crippen molar-refractivity contribution in [2.75, 3.05) is 18.5 Å². The third-order valence-corrected chi connectivity index (χ3v) is 2.54. The van der Waals surface area contributed by atoms with E-state index in [9.17, 15) is 0 Å². The van der Waals surface area contributed by atoms with Crippen LogP contribution in [0.25, 0.3) is 5.69 Å². The maximum Gasteiger partial charge on any atom is 0.138 e. The molecule has 0 amide bonds. The number of anilines is 1. The monoisotopic (exact) mass is 246 g/mol. The summed E-state index contributed by atoms with van der Waals surface area (Å²) in [5, 5.41) is 7.46. The van der Waals surface area contributed by atoms with E-state index in [0.717, 1.165) is 18.0 Å². The Morgan fingerprint density at radius 2 is 2.11 bits per heavy atom. The summed E-state index contributed by atoms with van der Waals surface area (Å²) in [7, 11) is 0. The van der Waals surface area contributed by atoms with Crippen LogP contribution in [0.3, 0.4) is 0 Å². The molecule has 0 aliphatic heterocycles. The molecule has 1 heterocycles. The van der Waals surface area contributed by atoms with Crippen molar-refractivity contribution < 1.29 is 4.74 Å². The van der Waals surface area contributed by atoms with Gasteiger partial charge < -0.3 is 10.1 Å². The van der Waals surface area contributed by atoms with Crippen molar-refractivity contribution in [2.45, 2.75) is 19.9 Å². The highest BCUT2D eigenvalue weighted by molar-refractivity contribution is 5.48. The van der Waals surface area contributed by atoms with Gasteiger partial charge in [0.15, 0.2) is 0 Å². The van der Waals surface area contributed by atoms with Crippen LogP contribution >= 0.6 is 0 Å². The second-order valence-corrected chi connectivity index (χ2v) is 4.09. The molecule has 2 aromatic rings. The lowest BCUT2D eigenvalue weighted by molar-refractivity contribution is 0.141. The first-order valence-electron chi connectivity index (χ1n) is 6.09. The number of nitrogens with one attached hydrogen (secondary N) is 1. The number of aromatic nitrogens is 3. The van der Waals surface area contributed by atoms with E-state index in [0.29, 0.717) is 12.6 Å². The largest absolute Gasteiger partial charge is 0.380 e. The number of hydrogen-bond acceptors (Lipinski definition) is 4. The Morgan fingerprint density at radius 1 is 1.33 bits per heavy atom. The van der Waals surface area contributed by atoms with Crippen LogP contribution in [0.15, 0.2) is 36.9 Å². The fourth-order valence-corrected chi connectivity index (χ4v) is 1.67. The zero-order chi connectivity index (χ0) is 12.8. The van der Waals surface area contributed by atoms with Crippen LogP contribution in [-0.4, -0.2) is 34.0 Å². The summed E-state index contributed by atoms with van der Waals surface area (Å²) in [6, 6.07) is 8.36. The summed E-state index contributed by atoms with van der Waals surface area (Å²) in [5.41, 5.74) is 2.07. The average molecular weight is 246 g/mol. The average Bonchev–Trinajstić information content (AvgIpc) is 2.91. The first kappa shape index (κ1) is 12.6. The van der Waals surface area contributed by atoms with Crippen molar-refractivity contribution in [3.8, 4) is 5.69 Å². The van der Waals surface area contributed by atoms with E-state index in [-0.39, 0.29) is 0 Å². The molecule has 1 N–H and O–H groups in total. The molecule has 1 aromatic heterocycles. The van der Waals surface area contributed by atoms with E-state index < -0.39 is 0 Å². The van der Waals surface area contributed by atoms with Crippen LogP contribution in [0.2, 0.25) is 0 Å². The lowest BCUT2D eigenvalue weighted by Crippen LogP contribution is -2.21. The molecule has 0 saturated carbocycles. The minimum Gasteiger partial charge on any atom is -0.380 e. The van der Waals surface area contributed by atoms with Gasteiger partial charge in [-0.15, -0.1) is 0 Å². The van der Waals surface area contributed by atoms with Crippen LogP contribution in [-0.2, 0) is 4.74 Å². The Bertz CT molecular complexity index is 452. The SMILES string of the molecule is CCOCC(C)Nc1ccc(-n2cncn2)cc1. The van der Waals surface area contributed by atoms with Crippen molar-refractivity contribution in [1.29, 1.82) is 0 Å². The minimum absolute atomic E-state index is 0.294. The topological polar surface area (TPSA) is 52.0 Å². The van der Waals surface area contributed by atoms with E-state index in [1.165, 1.54) is 6.33 Å². The predicted octanol–water partition coefficient (Wildman–Crippen LogP) is 2.10. The molecular weight excluding hydrogens is 228 g/mol. The zero-order valence-electron chi connectivity index (χ0n) is 10.7. The Kier molecular flexibility index (Phi) is 4.30. The Morgan fingerprint density at radius 3 is 2.72 bits per heavy atom. The van der Waals surface area contributed by atoms with Gasteiger partial charge in [-0.05, 0) is 38.1 Å². The highest BCUT2D eigenvalue weighted by atomic mass is 16.5. The van der Waals surface area contributed by atoms with E-state index in [1.807, 2.05) is 31.2 Å². The summed E-state index contributed by atoms with van der Waals surface area (Å²) < 4.78 is 7.09. The quantitative estimate of drug-likeness (QED) is 0.848. The zero-order valence-corrected chi connectivity index (χ0v) is 10.7. The maximum absolute atomic E-state index is 5.37. The maximum atomic E-state index is 5.37. The first-order valence-corrected chi connectivity index (χ1v) is 6.09. The molecule has 0 aliphatic carbocycles. The van der Waals surface area contributed by atoms with Crippen LogP contribution in [0, 0.1) is 0 Å². The number of benzene rings is 1. The molecule has 2 rings (SSSR count). The molecule has 0 saturated heterocycles. The number of ether oxygens (including phenoxy) is 1. The van der Waals surface area contributed by atoms with Gasteiger partial charge in [-0.1, -0.05) is 0 Å². The molecule has 0 fully saturated rings. The van der Waals surface area contributed by atoms with Crippen molar-refractivity contribution >= 4 is 5.69 Å². The minimum atomic E-state index is 0.294. The third kappa shape index (κ3) is 3.30. The summed E-state index contributed by atoms with van der Waals surface area (Å²) in [6.07, 6.45) is 3.20. The van der Waals surface area contributed by atoms with Crippen molar-refractivity contribution in [2.24, 2.45) is 0 Å².